The summed E-state index contributed by atoms with van der Waals surface area (Å²) >= 11 is 2.91. The number of carbonyl (C=O) groups excluding carboxylic acids is 1. The summed E-state index contributed by atoms with van der Waals surface area (Å²) in [4.78, 5) is 9.97. The maximum atomic E-state index is 11.5. The first-order valence-corrected chi connectivity index (χ1v) is 4.07. The summed E-state index contributed by atoms with van der Waals surface area (Å²) < 4.78 is 31.8. The van der Waals surface area contributed by atoms with Crippen LogP contribution in [0.25, 0.3) is 0 Å². The molecule has 1 unspecified atom stereocenters. The quantitative estimate of drug-likeness (QED) is 0.541. The molecule has 12 heavy (non-hydrogen) atoms. The summed E-state index contributed by atoms with van der Waals surface area (Å²) in [5, 5.41) is 0. The van der Waals surface area contributed by atoms with E-state index in [0.29, 0.717) is 0 Å². The van der Waals surface area contributed by atoms with E-state index in [1.165, 1.54) is 7.11 Å². The van der Waals surface area contributed by atoms with Crippen LogP contribution in [0.4, 0.5) is 8.78 Å². The summed E-state index contributed by atoms with van der Waals surface area (Å²) in [7, 11) is 1.21. The normalized spacial score (nSPS) is 13.1. The van der Waals surface area contributed by atoms with E-state index in [0.717, 1.165) is 0 Å². The molecule has 0 amide bonds. The molecular formula is C6H9BrF2O3. The first-order valence-electron chi connectivity index (χ1n) is 3.15. The maximum absolute atomic E-state index is 11.5. The number of ether oxygens (including phenoxy) is 2. The summed E-state index contributed by atoms with van der Waals surface area (Å²) in [5.74, 6) is -0.538. The minimum absolute atomic E-state index is 0.114. The number of methoxy groups -OCH3 is 1. The molecule has 6 heteroatoms. The Morgan fingerprint density at radius 1 is 1.50 bits per heavy atom. The van der Waals surface area contributed by atoms with Crippen molar-refractivity contribution in [3.05, 3.63) is 0 Å². The Kier molecular flexibility index (Phi) is 6.18. The molecule has 0 spiro atoms. The zero-order chi connectivity index (χ0) is 9.56. The minimum Gasteiger partial charge on any atom is -0.468 e. The van der Waals surface area contributed by atoms with Crippen LogP contribution < -0.4 is 0 Å². The van der Waals surface area contributed by atoms with Crippen molar-refractivity contribution in [3.8, 4) is 0 Å². The fraction of sp³-hybridized carbons (Fsp3) is 0.833. The third-order valence-electron chi connectivity index (χ3n) is 0.965. The first-order chi connectivity index (χ1) is 5.57. The van der Waals surface area contributed by atoms with Crippen LogP contribution in [0.1, 0.15) is 0 Å². The van der Waals surface area contributed by atoms with Crippen LogP contribution in [0, 0.1) is 0 Å². The van der Waals surface area contributed by atoms with Gasteiger partial charge in [0.15, 0.2) is 0 Å². The maximum Gasteiger partial charge on any atom is 0.321 e. The lowest BCUT2D eigenvalue weighted by Gasteiger charge is -2.07. The zero-order valence-electron chi connectivity index (χ0n) is 6.43. The minimum atomic E-state index is -2.51. The predicted molar refractivity (Wildman–Crippen MR) is 41.6 cm³/mol. The van der Waals surface area contributed by atoms with E-state index < -0.39 is 23.8 Å². The number of esters is 1. The number of rotatable bonds is 5. The number of alkyl halides is 3. The number of hydrogen-bond acceptors (Lipinski definition) is 3. The van der Waals surface area contributed by atoms with Gasteiger partial charge in [-0.1, -0.05) is 15.9 Å². The molecule has 0 fully saturated rings. The highest BCUT2D eigenvalue weighted by Gasteiger charge is 2.15. The second-order valence-electron chi connectivity index (χ2n) is 1.92. The molecule has 72 valence electrons. The molecule has 0 saturated carbocycles. The molecular weight excluding hydrogens is 238 g/mol. The van der Waals surface area contributed by atoms with E-state index in [9.17, 15) is 13.6 Å². The van der Waals surface area contributed by atoms with Gasteiger partial charge in [0.05, 0.1) is 13.7 Å². The standard InChI is InChI=1S/C6H9BrF2O3/c1-11-6(10)4(7)2-12-3-5(8)9/h4-5H,2-3H2,1H3. The summed E-state index contributed by atoms with van der Waals surface area (Å²) in [5.41, 5.74) is 0. The van der Waals surface area contributed by atoms with E-state index in [-0.39, 0.29) is 6.61 Å². The van der Waals surface area contributed by atoms with Gasteiger partial charge >= 0.3 is 5.97 Å². The Bertz CT molecular complexity index is 143. The van der Waals surface area contributed by atoms with Crippen molar-refractivity contribution < 1.29 is 23.0 Å². The molecule has 0 heterocycles. The molecule has 0 aliphatic heterocycles. The predicted octanol–water partition coefficient (Wildman–Crippen LogP) is 1.20. The fourth-order valence-corrected chi connectivity index (χ4v) is 0.830. The lowest BCUT2D eigenvalue weighted by molar-refractivity contribution is -0.141. The number of carbonyl (C=O) groups is 1. The van der Waals surface area contributed by atoms with Gasteiger partial charge in [-0.3, -0.25) is 4.79 Å². The Morgan fingerprint density at radius 3 is 2.50 bits per heavy atom. The van der Waals surface area contributed by atoms with Crippen LogP contribution in [-0.2, 0) is 14.3 Å². The van der Waals surface area contributed by atoms with Gasteiger partial charge in [0.1, 0.15) is 11.4 Å². The van der Waals surface area contributed by atoms with Gasteiger partial charge in [-0.15, -0.1) is 0 Å². The second kappa shape index (κ2) is 6.30. The molecule has 0 N–H and O–H groups in total. The molecule has 0 bridgehead atoms. The van der Waals surface area contributed by atoms with Gasteiger partial charge < -0.3 is 9.47 Å². The van der Waals surface area contributed by atoms with E-state index >= 15 is 0 Å². The lowest BCUT2D eigenvalue weighted by atomic mass is 10.5. The SMILES string of the molecule is COC(=O)C(Br)COCC(F)F. The van der Waals surface area contributed by atoms with Crippen molar-refractivity contribution in [1.82, 2.24) is 0 Å². The Labute approximate surface area is 77.2 Å². The summed E-state index contributed by atoms with van der Waals surface area (Å²) in [6, 6.07) is 0. The number of hydrogen-bond donors (Lipinski definition) is 0. The second-order valence-corrected chi connectivity index (χ2v) is 3.02. The smallest absolute Gasteiger partial charge is 0.321 e. The van der Waals surface area contributed by atoms with E-state index in [1.54, 1.807) is 0 Å². The molecule has 3 nitrogen and oxygen atoms in total. The molecule has 0 aliphatic carbocycles. The van der Waals surface area contributed by atoms with Crippen LogP contribution >= 0.6 is 15.9 Å². The Morgan fingerprint density at radius 2 is 2.08 bits per heavy atom. The first kappa shape index (κ1) is 11.8. The van der Waals surface area contributed by atoms with Gasteiger partial charge in [-0.05, 0) is 0 Å². The van der Waals surface area contributed by atoms with Crippen LogP contribution in [0.5, 0.6) is 0 Å². The van der Waals surface area contributed by atoms with Gasteiger partial charge in [-0.25, -0.2) is 8.78 Å². The highest BCUT2D eigenvalue weighted by molar-refractivity contribution is 9.10. The third kappa shape index (κ3) is 5.42. The van der Waals surface area contributed by atoms with Crippen LogP contribution in [0.15, 0.2) is 0 Å². The molecule has 0 saturated heterocycles. The van der Waals surface area contributed by atoms with E-state index in [2.05, 4.69) is 25.4 Å². The van der Waals surface area contributed by atoms with Crippen molar-refractivity contribution in [2.75, 3.05) is 20.3 Å². The van der Waals surface area contributed by atoms with Crippen molar-refractivity contribution in [2.24, 2.45) is 0 Å². The summed E-state index contributed by atoms with van der Waals surface area (Å²) in [6.45, 7) is -0.782. The lowest BCUT2D eigenvalue weighted by Crippen LogP contribution is -2.22. The molecule has 1 atom stereocenters. The van der Waals surface area contributed by atoms with Crippen molar-refractivity contribution >= 4 is 21.9 Å². The Hall–Kier alpha value is -0.230. The molecule has 0 aromatic carbocycles. The monoisotopic (exact) mass is 246 g/mol. The van der Waals surface area contributed by atoms with Crippen molar-refractivity contribution in [1.29, 1.82) is 0 Å². The average Bonchev–Trinajstić information content (AvgIpc) is 2.02. The summed E-state index contributed by atoms with van der Waals surface area (Å²) in [6.07, 6.45) is -2.51. The van der Waals surface area contributed by atoms with E-state index in [1.807, 2.05) is 0 Å². The molecule has 0 rings (SSSR count). The van der Waals surface area contributed by atoms with Crippen LogP contribution in [0.2, 0.25) is 0 Å². The van der Waals surface area contributed by atoms with Gasteiger partial charge in [0, 0.05) is 0 Å². The molecule has 0 radical (unpaired) electrons. The van der Waals surface area contributed by atoms with Gasteiger partial charge in [0.2, 0.25) is 0 Å². The van der Waals surface area contributed by atoms with Gasteiger partial charge in [-0.2, -0.15) is 0 Å². The zero-order valence-corrected chi connectivity index (χ0v) is 8.01. The molecule has 0 aliphatic rings. The molecule has 0 aromatic rings. The van der Waals surface area contributed by atoms with Crippen LogP contribution in [0.3, 0.4) is 0 Å². The fourth-order valence-electron chi connectivity index (χ4n) is 0.457. The average molecular weight is 247 g/mol. The van der Waals surface area contributed by atoms with E-state index in [4.69, 9.17) is 0 Å². The topological polar surface area (TPSA) is 35.5 Å². The van der Waals surface area contributed by atoms with Crippen LogP contribution in [-0.4, -0.2) is 37.5 Å². The highest BCUT2D eigenvalue weighted by Crippen LogP contribution is 2.03. The highest BCUT2D eigenvalue weighted by atomic mass is 79.9. The Balaban J connectivity index is 3.43. The molecule has 0 aromatic heterocycles. The third-order valence-corrected chi connectivity index (χ3v) is 1.60. The van der Waals surface area contributed by atoms with Gasteiger partial charge in [0.25, 0.3) is 6.43 Å². The van der Waals surface area contributed by atoms with Crippen molar-refractivity contribution in [2.45, 2.75) is 11.3 Å². The number of halogens is 3. The largest absolute Gasteiger partial charge is 0.468 e. The van der Waals surface area contributed by atoms with Crippen molar-refractivity contribution in [3.63, 3.8) is 0 Å².